The fourth-order valence-corrected chi connectivity index (χ4v) is 4.40. The van der Waals surface area contributed by atoms with Gasteiger partial charge in [0.15, 0.2) is 17.1 Å². The van der Waals surface area contributed by atoms with E-state index in [0.717, 1.165) is 31.4 Å². The Morgan fingerprint density at radius 3 is 2.85 bits per heavy atom. The molecular formula is C23H23ClFN5O4. The number of nitrogens with one attached hydrogen (secondary N) is 2. The van der Waals surface area contributed by atoms with Crippen molar-refractivity contribution in [1.82, 2.24) is 20.2 Å². The highest BCUT2D eigenvalue weighted by atomic mass is 35.5. The molecule has 2 N–H and O–H groups in total. The topological polar surface area (TPSA) is 97.8 Å². The number of hydrogen-bond donors (Lipinski definition) is 2. The van der Waals surface area contributed by atoms with Crippen molar-refractivity contribution in [3.05, 3.63) is 47.5 Å². The van der Waals surface area contributed by atoms with Crippen molar-refractivity contribution in [1.29, 1.82) is 0 Å². The predicted molar refractivity (Wildman–Crippen MR) is 125 cm³/mol. The molecule has 5 rings (SSSR count). The van der Waals surface area contributed by atoms with E-state index in [9.17, 15) is 9.18 Å². The number of aromatic nitrogens is 2. The largest absolute Gasteiger partial charge is 0.493 e. The molecule has 0 unspecified atom stereocenters. The number of nitrogens with zero attached hydrogens (tertiary/aromatic N) is 3. The van der Waals surface area contributed by atoms with Crippen LogP contribution in [0.2, 0.25) is 5.02 Å². The lowest BCUT2D eigenvalue weighted by Gasteiger charge is -2.45. The maximum Gasteiger partial charge on any atom is 0.407 e. The van der Waals surface area contributed by atoms with Crippen molar-refractivity contribution in [2.24, 2.45) is 0 Å². The van der Waals surface area contributed by atoms with E-state index >= 15 is 0 Å². The number of halogens is 2. The van der Waals surface area contributed by atoms with Crippen LogP contribution in [0.15, 0.2) is 36.7 Å². The van der Waals surface area contributed by atoms with E-state index < -0.39 is 5.82 Å². The smallest absolute Gasteiger partial charge is 0.407 e. The molecule has 0 saturated carbocycles. The van der Waals surface area contributed by atoms with Crippen LogP contribution < -0.4 is 20.1 Å². The highest BCUT2D eigenvalue weighted by Crippen LogP contribution is 2.35. The number of anilines is 2. The summed E-state index contributed by atoms with van der Waals surface area (Å²) >= 11 is 5.90. The van der Waals surface area contributed by atoms with Crippen molar-refractivity contribution in [2.45, 2.75) is 12.0 Å². The van der Waals surface area contributed by atoms with Gasteiger partial charge >= 0.3 is 6.09 Å². The summed E-state index contributed by atoms with van der Waals surface area (Å²) in [5.74, 6) is 1.17. The summed E-state index contributed by atoms with van der Waals surface area (Å²) in [4.78, 5) is 22.1. The van der Waals surface area contributed by atoms with Crippen LogP contribution in [0.25, 0.3) is 10.9 Å². The Balaban J connectivity index is 1.25. The lowest BCUT2D eigenvalue weighted by atomic mass is 9.94. The first-order valence-electron chi connectivity index (χ1n) is 10.8. The molecule has 1 spiro atoms. The summed E-state index contributed by atoms with van der Waals surface area (Å²) in [6.07, 6.45) is 1.89. The lowest BCUT2D eigenvalue weighted by molar-refractivity contribution is -0.0735. The van der Waals surface area contributed by atoms with Gasteiger partial charge in [-0.3, -0.25) is 4.90 Å². The van der Waals surface area contributed by atoms with E-state index in [1.54, 1.807) is 19.2 Å². The van der Waals surface area contributed by atoms with Crippen molar-refractivity contribution in [3.63, 3.8) is 0 Å². The van der Waals surface area contributed by atoms with Gasteiger partial charge in [0.25, 0.3) is 0 Å². The van der Waals surface area contributed by atoms with E-state index in [0.29, 0.717) is 41.7 Å². The average Bonchev–Trinajstić information content (AvgIpc) is 3.20. The number of methoxy groups -OCH3 is 1. The minimum Gasteiger partial charge on any atom is -0.493 e. The number of carbonyl (C=O) groups is 1. The van der Waals surface area contributed by atoms with Crippen LogP contribution in [-0.4, -0.2) is 66.5 Å². The van der Waals surface area contributed by atoms with Crippen molar-refractivity contribution in [3.8, 4) is 11.5 Å². The second-order valence-electron chi connectivity index (χ2n) is 8.34. The van der Waals surface area contributed by atoms with Gasteiger partial charge in [-0.1, -0.05) is 11.6 Å². The molecule has 2 saturated heterocycles. The van der Waals surface area contributed by atoms with E-state index in [-0.39, 0.29) is 16.7 Å². The molecule has 0 atom stereocenters. The van der Waals surface area contributed by atoms with Crippen LogP contribution in [-0.2, 0) is 4.74 Å². The number of amides is 1. The van der Waals surface area contributed by atoms with Gasteiger partial charge < -0.3 is 24.8 Å². The van der Waals surface area contributed by atoms with Gasteiger partial charge in [-0.05, 0) is 30.7 Å². The summed E-state index contributed by atoms with van der Waals surface area (Å²) in [5, 5.41) is 6.61. The molecule has 3 aromatic rings. The Bertz CT molecular complexity index is 1240. The van der Waals surface area contributed by atoms with Crippen LogP contribution in [0, 0.1) is 5.82 Å². The number of fused-ring (bicyclic) bond motifs is 1. The van der Waals surface area contributed by atoms with Crippen LogP contribution in [0.3, 0.4) is 0 Å². The zero-order valence-electron chi connectivity index (χ0n) is 18.4. The SMILES string of the molecule is COc1cc2ncnc(Nc3ccc(F)c(Cl)c3)c2cc1OCCCN1CC2(CNC(=O)O2)C1. The minimum atomic E-state index is -0.491. The van der Waals surface area contributed by atoms with E-state index in [1.165, 1.54) is 18.5 Å². The molecule has 0 aliphatic carbocycles. The zero-order valence-corrected chi connectivity index (χ0v) is 19.2. The van der Waals surface area contributed by atoms with Crippen molar-refractivity contribution < 1.29 is 23.4 Å². The molecule has 3 heterocycles. The fraction of sp³-hybridized carbons (Fsp3) is 0.348. The molecule has 1 aromatic heterocycles. The first kappa shape index (κ1) is 22.4. The van der Waals surface area contributed by atoms with Gasteiger partial charge in [0, 0.05) is 36.8 Å². The van der Waals surface area contributed by atoms with Crippen molar-refractivity contribution >= 4 is 40.1 Å². The molecule has 11 heteroatoms. The average molecular weight is 488 g/mol. The van der Waals surface area contributed by atoms with Gasteiger partial charge in [0.1, 0.15) is 18.0 Å². The Hall–Kier alpha value is -3.37. The normalized spacial score (nSPS) is 16.7. The number of rotatable bonds is 8. The maximum absolute atomic E-state index is 13.5. The number of likely N-dealkylation sites (tertiary alicyclic amines) is 1. The molecule has 2 aliphatic heterocycles. The van der Waals surface area contributed by atoms with Crippen LogP contribution in [0.4, 0.5) is 20.7 Å². The molecule has 2 aliphatic rings. The summed E-state index contributed by atoms with van der Waals surface area (Å²) in [5.41, 5.74) is 0.901. The van der Waals surface area contributed by atoms with Gasteiger partial charge in [-0.25, -0.2) is 19.2 Å². The Morgan fingerprint density at radius 1 is 1.26 bits per heavy atom. The third-order valence-electron chi connectivity index (χ3n) is 5.87. The molecule has 2 aromatic carbocycles. The van der Waals surface area contributed by atoms with Gasteiger partial charge in [-0.15, -0.1) is 0 Å². The zero-order chi connectivity index (χ0) is 23.7. The van der Waals surface area contributed by atoms with Crippen molar-refractivity contribution in [2.75, 3.05) is 45.2 Å². The Labute approximate surface area is 200 Å². The Kier molecular flexibility index (Phi) is 6.01. The maximum atomic E-state index is 13.5. The molecule has 34 heavy (non-hydrogen) atoms. The molecule has 0 radical (unpaired) electrons. The summed E-state index contributed by atoms with van der Waals surface area (Å²) in [6.45, 7) is 3.33. The molecule has 0 bridgehead atoms. The fourth-order valence-electron chi connectivity index (χ4n) is 4.22. The highest BCUT2D eigenvalue weighted by Gasteiger charge is 2.49. The molecular weight excluding hydrogens is 465 g/mol. The number of benzene rings is 2. The first-order chi connectivity index (χ1) is 16.4. The first-order valence-corrected chi connectivity index (χ1v) is 11.2. The number of alkyl carbamates (subject to hydrolysis) is 1. The molecule has 2 fully saturated rings. The second kappa shape index (κ2) is 9.11. The summed E-state index contributed by atoms with van der Waals surface area (Å²) in [7, 11) is 1.57. The van der Waals surface area contributed by atoms with E-state index in [1.807, 2.05) is 6.07 Å². The standard InChI is InChI=1S/C23H23ClFN5O4/c1-32-19-9-18-15(21(28-13-27-18)29-14-3-4-17(25)16(24)7-14)8-20(19)33-6-2-5-30-11-23(12-30)10-26-22(31)34-23/h3-4,7-9,13H,2,5-6,10-12H2,1H3,(H,26,31)(H,27,28,29). The minimum absolute atomic E-state index is 0.0181. The summed E-state index contributed by atoms with van der Waals surface area (Å²) < 4.78 is 30.4. The van der Waals surface area contributed by atoms with E-state index in [4.69, 9.17) is 25.8 Å². The van der Waals surface area contributed by atoms with Crippen LogP contribution >= 0.6 is 11.6 Å². The summed E-state index contributed by atoms with van der Waals surface area (Å²) in [6, 6.07) is 7.98. The number of ether oxygens (including phenoxy) is 3. The number of carbonyl (C=O) groups excluding carboxylic acids is 1. The molecule has 178 valence electrons. The second-order valence-corrected chi connectivity index (χ2v) is 8.74. The quantitative estimate of drug-likeness (QED) is 0.464. The third-order valence-corrected chi connectivity index (χ3v) is 6.16. The van der Waals surface area contributed by atoms with E-state index in [2.05, 4.69) is 25.5 Å². The monoisotopic (exact) mass is 487 g/mol. The van der Waals surface area contributed by atoms with Gasteiger partial charge in [-0.2, -0.15) is 0 Å². The predicted octanol–water partition coefficient (Wildman–Crippen LogP) is 3.74. The lowest BCUT2D eigenvalue weighted by Crippen LogP contribution is -2.63. The van der Waals surface area contributed by atoms with Gasteiger partial charge in [0.05, 0.1) is 30.8 Å². The number of hydrogen-bond acceptors (Lipinski definition) is 8. The Morgan fingerprint density at radius 2 is 2.12 bits per heavy atom. The van der Waals surface area contributed by atoms with Crippen LogP contribution in [0.5, 0.6) is 11.5 Å². The highest BCUT2D eigenvalue weighted by molar-refractivity contribution is 6.31. The molecule has 1 amide bonds. The van der Waals surface area contributed by atoms with Gasteiger partial charge in [0.2, 0.25) is 0 Å². The van der Waals surface area contributed by atoms with Crippen LogP contribution in [0.1, 0.15) is 6.42 Å². The molecule has 9 nitrogen and oxygen atoms in total. The third kappa shape index (κ3) is 4.51.